The van der Waals surface area contributed by atoms with Crippen LogP contribution in [0.4, 0.5) is 0 Å². The van der Waals surface area contributed by atoms with Gasteiger partial charge in [-0.3, -0.25) is 62.3 Å². The summed E-state index contributed by atoms with van der Waals surface area (Å²) in [6.45, 7) is 30.7. The lowest BCUT2D eigenvalue weighted by Gasteiger charge is -2.33. The molecule has 2 fully saturated rings. The number of likely N-dealkylation sites (tertiary alicyclic amines) is 1. The molecule has 13 amide bonds. The molecule has 0 saturated carbocycles. The van der Waals surface area contributed by atoms with E-state index in [9.17, 15) is 67.7 Å². The molecule has 2 heterocycles. The minimum atomic E-state index is -1.83. The normalized spacial score (nSPS) is 22.6. The monoisotopic (exact) mass is 1490 g/mol. The third-order valence-electron chi connectivity index (χ3n) is 19.3. The molecule has 0 spiro atoms. The fourth-order valence-electron chi connectivity index (χ4n) is 12.1. The van der Waals surface area contributed by atoms with Crippen LogP contribution >= 0.6 is 0 Å². The summed E-state index contributed by atoms with van der Waals surface area (Å²) in [6, 6.07) is -7.88. The number of carbonyl (C=O) groups excluding carboxylic acids is 14. The molecule has 2 saturated heterocycles. The van der Waals surface area contributed by atoms with Crippen LogP contribution in [0.25, 0.3) is 0 Å². The first-order valence-electron chi connectivity index (χ1n) is 37.5. The summed E-state index contributed by atoms with van der Waals surface area (Å²) in [5, 5.41) is 53.1. The van der Waals surface area contributed by atoms with Gasteiger partial charge < -0.3 is 89.4 Å². The van der Waals surface area contributed by atoms with Crippen LogP contribution in [0.3, 0.4) is 0 Å². The topological polar surface area (TPSA) is 462 Å². The zero-order valence-corrected chi connectivity index (χ0v) is 65.6. The number of nitrogens with one attached hydrogen (secondary N) is 12. The lowest BCUT2D eigenvalue weighted by atomic mass is 9.95. The van der Waals surface area contributed by atoms with E-state index in [4.69, 9.17) is 10.5 Å². The van der Waals surface area contributed by atoms with Crippen LogP contribution in [0.1, 0.15) is 195 Å². The van der Waals surface area contributed by atoms with E-state index in [0.717, 1.165) is 0 Å². The third kappa shape index (κ3) is 28.0. The molecule has 596 valence electrons. The maximum Gasteiger partial charge on any atom is 0.329 e. The van der Waals surface area contributed by atoms with E-state index in [2.05, 4.69) is 63.8 Å². The first kappa shape index (κ1) is 91.6. The second-order valence-corrected chi connectivity index (χ2v) is 30.6. The van der Waals surface area contributed by atoms with E-state index >= 15 is 9.59 Å². The average Bonchev–Trinajstić information content (AvgIpc) is 1.54. The number of nitrogens with two attached hydrogens (primary N) is 1. The molecule has 106 heavy (non-hydrogen) atoms. The fraction of sp³-hybridized carbons (Fsp3) is 0.707. The summed E-state index contributed by atoms with van der Waals surface area (Å²) in [5.74, 6) is -15.9. The summed E-state index contributed by atoms with van der Waals surface area (Å²) >= 11 is 0. The number of cyclic esters (lactones) is 1. The van der Waals surface area contributed by atoms with E-state index < -0.39 is 214 Å². The second kappa shape index (κ2) is 43.3. The SMILES string of the molecule is CC=C1NC(=O)[C@H](Cc2ccccc2)NC(=O)[C@@H](C(C)C)NC(=O)[C@@H]([C@@H](C)CC)NC(=O)[C@H](NC(=O)[C@H](NC(=O)[C@H](CCCN)NC(=O)[C@H]2CCCN2C(=O)[C@H](NC(=O)[C@@H](NC(=O)[C@@H](NC(=O)[C@H](NC(=O)CCCC(C)(C)O)C(C)C)[C@@H](C)O)C(C)C)C(C)C)[C@@H](C)CC)[C@@H](C)OC(=O)[C@H](C(C)C)NC1=O. The van der Waals surface area contributed by atoms with Gasteiger partial charge in [-0.15, -0.1) is 0 Å². The number of carbonyl (C=O) groups is 14. The molecule has 0 bridgehead atoms. The summed E-state index contributed by atoms with van der Waals surface area (Å²) < 4.78 is 5.96. The Morgan fingerprint density at radius 3 is 1.71 bits per heavy atom. The number of hydrogen-bond donors (Lipinski definition) is 15. The molecule has 16 N–H and O–H groups in total. The van der Waals surface area contributed by atoms with Crippen molar-refractivity contribution in [1.82, 2.24) is 68.7 Å². The van der Waals surface area contributed by atoms with E-state index in [-0.39, 0.29) is 57.3 Å². The van der Waals surface area contributed by atoms with E-state index in [1.807, 2.05) is 0 Å². The Morgan fingerprint density at radius 2 is 1.18 bits per heavy atom. The Balaban J connectivity index is 1.99. The number of rotatable bonds is 33. The van der Waals surface area contributed by atoms with Gasteiger partial charge in [0.25, 0.3) is 5.91 Å². The van der Waals surface area contributed by atoms with Gasteiger partial charge in [0.2, 0.25) is 70.9 Å². The lowest BCUT2D eigenvalue weighted by molar-refractivity contribution is -0.157. The van der Waals surface area contributed by atoms with Crippen molar-refractivity contribution in [3.05, 3.63) is 47.7 Å². The van der Waals surface area contributed by atoms with Crippen LogP contribution in [0, 0.1) is 41.4 Å². The first-order chi connectivity index (χ1) is 49.5. The van der Waals surface area contributed by atoms with Crippen molar-refractivity contribution in [2.45, 2.75) is 286 Å². The standard InChI is InChI=1S/C75H124N14O17/c1-20-43(14)58(70(100)88-61-46(17)106-74(104)57(42(12)13)84-62(92)48(22-3)77-64(94)50(37-47-29-24-23-25-30-47)79-66(96)54(39(6)7)81-69(99)59(44(15)21-2)86-72(61)102)85-63(93)49(31-27-35-76)78-65(95)51-32-28-36-89(51)73(103)56(41(10)11)83-68(98)55(40(8)9)82-71(101)60(45(16)90)87-67(97)53(38(4)5)80-52(91)33-26-34-75(18,19)105/h22-25,29-30,38-46,49-51,53-61,90,105H,20-21,26-28,31-37,76H2,1-19H3,(H,77,94)(H,78,95)(H,79,96)(H,80,91)(H,81,99)(H,82,101)(H,83,98)(H,84,92)(H,85,93)(H,86,102)(H,87,97)(H,88,100)/t43-,44-,45+,46+,49-,50-,51+,53+,54+,55-,56+,57-,58+,59+,60-,61+/m0/s1. The molecule has 0 aliphatic carbocycles. The van der Waals surface area contributed by atoms with Gasteiger partial charge in [0.15, 0.2) is 0 Å². The van der Waals surface area contributed by atoms with Crippen LogP contribution in [-0.4, -0.2) is 201 Å². The molecule has 31 heteroatoms. The van der Waals surface area contributed by atoms with Crippen LogP contribution < -0.4 is 69.5 Å². The van der Waals surface area contributed by atoms with Crippen molar-refractivity contribution in [1.29, 1.82) is 0 Å². The maximum absolute atomic E-state index is 15.0. The molecule has 2 aliphatic heterocycles. The van der Waals surface area contributed by atoms with Gasteiger partial charge in [0.05, 0.1) is 11.7 Å². The zero-order chi connectivity index (χ0) is 80.4. The predicted molar refractivity (Wildman–Crippen MR) is 397 cm³/mol. The number of hydrogen-bond acceptors (Lipinski definition) is 18. The quantitative estimate of drug-likeness (QED) is 0.0344. The smallest absolute Gasteiger partial charge is 0.329 e. The highest BCUT2D eigenvalue weighted by atomic mass is 16.5. The Hall–Kier alpha value is -8.58. The van der Waals surface area contributed by atoms with E-state index in [1.54, 1.807) is 141 Å². The Morgan fingerprint density at radius 1 is 0.642 bits per heavy atom. The summed E-state index contributed by atoms with van der Waals surface area (Å²) in [6.07, 6.45) is 0.00873. The predicted octanol–water partition coefficient (Wildman–Crippen LogP) is 0.951. The number of aliphatic hydroxyl groups excluding tert-OH is 1. The highest BCUT2D eigenvalue weighted by Gasteiger charge is 2.45. The van der Waals surface area contributed by atoms with Crippen molar-refractivity contribution < 1.29 is 82.1 Å². The number of nitrogens with zero attached hydrogens (tertiary/aromatic N) is 1. The largest absolute Gasteiger partial charge is 0.458 e. The number of allylic oxidation sites excluding steroid dienone is 1. The first-order valence-corrected chi connectivity index (χ1v) is 37.5. The van der Waals surface area contributed by atoms with Crippen molar-refractivity contribution in [3.63, 3.8) is 0 Å². The summed E-state index contributed by atoms with van der Waals surface area (Å²) in [5.41, 5.74) is 5.33. The van der Waals surface area contributed by atoms with Gasteiger partial charge in [-0.2, -0.15) is 0 Å². The maximum atomic E-state index is 15.0. The van der Waals surface area contributed by atoms with Crippen LogP contribution in [0.15, 0.2) is 42.1 Å². The lowest BCUT2D eigenvalue weighted by Crippen LogP contribution is -2.64. The molecule has 0 radical (unpaired) electrons. The minimum Gasteiger partial charge on any atom is -0.458 e. The van der Waals surface area contributed by atoms with Crippen molar-refractivity contribution in [2.75, 3.05) is 13.1 Å². The second-order valence-electron chi connectivity index (χ2n) is 30.6. The number of amides is 13. The van der Waals surface area contributed by atoms with Gasteiger partial charge in [-0.05, 0) is 127 Å². The number of esters is 1. The van der Waals surface area contributed by atoms with Gasteiger partial charge in [0, 0.05) is 19.4 Å². The molecule has 1 aromatic rings. The van der Waals surface area contributed by atoms with Crippen molar-refractivity contribution in [3.8, 4) is 0 Å². The molecule has 31 nitrogen and oxygen atoms in total. The molecule has 1 aromatic carbocycles. The third-order valence-corrected chi connectivity index (χ3v) is 19.3. The molecule has 16 atom stereocenters. The van der Waals surface area contributed by atoms with E-state index in [0.29, 0.717) is 31.2 Å². The molecule has 3 rings (SSSR count). The van der Waals surface area contributed by atoms with Crippen LogP contribution in [0.2, 0.25) is 0 Å². The Bertz CT molecular complexity index is 3210. The summed E-state index contributed by atoms with van der Waals surface area (Å²) in [4.78, 5) is 202. The molecular weight excluding hydrogens is 1370 g/mol. The fourth-order valence-corrected chi connectivity index (χ4v) is 12.1. The van der Waals surface area contributed by atoms with Gasteiger partial charge in [-0.25, -0.2) is 4.79 Å². The average molecular weight is 1490 g/mol. The number of aliphatic hydroxyl groups is 2. The van der Waals surface area contributed by atoms with Gasteiger partial charge in [0.1, 0.15) is 84.3 Å². The Labute approximate surface area is 625 Å². The number of benzene rings is 1. The molecule has 2 aliphatic rings. The molecular formula is C75H124N14O17. The van der Waals surface area contributed by atoms with Crippen molar-refractivity contribution in [2.24, 2.45) is 47.2 Å². The minimum absolute atomic E-state index is 0.0134. The zero-order valence-electron chi connectivity index (χ0n) is 65.6. The van der Waals surface area contributed by atoms with Crippen LogP contribution in [0.5, 0.6) is 0 Å². The Kier molecular flexibility index (Phi) is 37.4. The van der Waals surface area contributed by atoms with Crippen molar-refractivity contribution >= 4 is 82.8 Å². The van der Waals surface area contributed by atoms with Gasteiger partial charge >= 0.3 is 5.97 Å². The molecule has 0 unspecified atom stereocenters. The highest BCUT2D eigenvalue weighted by Crippen LogP contribution is 2.23. The van der Waals surface area contributed by atoms with Gasteiger partial charge in [-0.1, -0.05) is 146 Å². The highest BCUT2D eigenvalue weighted by molar-refractivity contribution is 6.03. The molecule has 0 aromatic heterocycles. The summed E-state index contributed by atoms with van der Waals surface area (Å²) in [7, 11) is 0. The number of ether oxygens (including phenoxy) is 1. The van der Waals surface area contributed by atoms with E-state index in [1.165, 1.54) is 31.7 Å². The van der Waals surface area contributed by atoms with Crippen LogP contribution in [-0.2, 0) is 78.3 Å².